The summed E-state index contributed by atoms with van der Waals surface area (Å²) in [5.41, 5.74) is 0.737. The van der Waals surface area contributed by atoms with Crippen LogP contribution in [-0.4, -0.2) is 33.5 Å². The first-order valence-corrected chi connectivity index (χ1v) is 15.1. The molecule has 0 aliphatic carbocycles. The summed E-state index contributed by atoms with van der Waals surface area (Å²) in [4.78, 5) is 29.7. The third-order valence-electron chi connectivity index (χ3n) is 8.04. The van der Waals surface area contributed by atoms with Crippen molar-refractivity contribution in [3.63, 3.8) is 0 Å². The van der Waals surface area contributed by atoms with Crippen LogP contribution in [0.1, 0.15) is 54.2 Å². The molecule has 4 aromatic rings. The fraction of sp³-hybridized carbons (Fsp3) is 0.257. The quantitative estimate of drug-likeness (QED) is 0.190. The maximum atomic E-state index is 14.7. The number of halogens is 4. The normalized spacial score (nSPS) is 19.9. The van der Waals surface area contributed by atoms with Gasteiger partial charge in [0.25, 0.3) is 5.91 Å². The number of carbonyl (C=O) groups excluding carboxylic acids is 1. The number of morpholine rings is 1. The van der Waals surface area contributed by atoms with Crippen molar-refractivity contribution in [1.29, 1.82) is 0 Å². The van der Waals surface area contributed by atoms with Gasteiger partial charge in [-0.25, -0.2) is 13.6 Å². The minimum absolute atomic E-state index is 0.0716. The van der Waals surface area contributed by atoms with E-state index in [9.17, 15) is 23.5 Å². The Kier molecular flexibility index (Phi) is 9.68. The Labute approximate surface area is 265 Å². The molecule has 228 valence electrons. The molecule has 4 aromatic carbocycles. The molecule has 1 saturated heterocycles. The molecule has 0 radical (unpaired) electrons. The van der Waals surface area contributed by atoms with Crippen molar-refractivity contribution < 1.29 is 28.2 Å². The smallest absolute Gasteiger partial charge is 0.330 e. The highest BCUT2D eigenvalue weighted by atomic mass is 35.5. The predicted molar refractivity (Wildman–Crippen MR) is 166 cm³/mol. The predicted octanol–water partition coefficient (Wildman–Crippen LogP) is 8.39. The van der Waals surface area contributed by atoms with Gasteiger partial charge in [-0.05, 0) is 77.2 Å². The van der Waals surface area contributed by atoms with Gasteiger partial charge in [-0.1, -0.05) is 85.1 Å². The minimum Gasteiger partial charge on any atom is -0.479 e. The molecular weight excluding hydrogens is 607 g/mol. The van der Waals surface area contributed by atoms with E-state index in [1.54, 1.807) is 54.6 Å². The van der Waals surface area contributed by atoms with E-state index in [2.05, 4.69) is 0 Å². The molecule has 5 nitrogen and oxygen atoms in total. The van der Waals surface area contributed by atoms with Crippen LogP contribution in [0.15, 0.2) is 97.1 Å². The number of carboxylic acids is 1. The summed E-state index contributed by atoms with van der Waals surface area (Å²) < 4.78 is 34.2. The third kappa shape index (κ3) is 6.65. The second-order valence-electron chi connectivity index (χ2n) is 11.0. The first-order chi connectivity index (χ1) is 21.1. The molecule has 0 unspecified atom stereocenters. The van der Waals surface area contributed by atoms with E-state index in [4.69, 9.17) is 27.9 Å². The highest BCUT2D eigenvalue weighted by Crippen LogP contribution is 2.48. The zero-order valence-electron chi connectivity index (χ0n) is 23.9. The van der Waals surface area contributed by atoms with Gasteiger partial charge in [0.1, 0.15) is 29.4 Å². The van der Waals surface area contributed by atoms with E-state index in [1.807, 2.05) is 13.0 Å². The molecule has 0 saturated carbocycles. The van der Waals surface area contributed by atoms with Crippen molar-refractivity contribution in [2.75, 3.05) is 0 Å². The lowest BCUT2D eigenvalue weighted by Crippen LogP contribution is -2.65. The van der Waals surface area contributed by atoms with Crippen LogP contribution in [0.2, 0.25) is 10.0 Å². The first kappa shape index (κ1) is 31.6. The molecule has 1 N–H and O–H groups in total. The van der Waals surface area contributed by atoms with Crippen LogP contribution in [0, 0.1) is 11.6 Å². The Morgan fingerprint density at radius 3 is 2.05 bits per heavy atom. The topological polar surface area (TPSA) is 66.8 Å². The number of aliphatic carboxylic acids is 1. The summed E-state index contributed by atoms with van der Waals surface area (Å²) in [6.45, 7) is 1.86. The highest BCUT2D eigenvalue weighted by molar-refractivity contribution is 6.30. The van der Waals surface area contributed by atoms with Gasteiger partial charge in [0.15, 0.2) is 0 Å². The first-order valence-electron chi connectivity index (χ1n) is 14.3. The molecule has 44 heavy (non-hydrogen) atoms. The molecule has 1 aliphatic rings. The SMILES string of the molecule is CCC[C@](Cc1ccc(F)cc1)(C(=O)O)N1C(=O)[C@H](Cc2ccc(F)cc2)O[C@@H](c2cccc(Cl)c2)[C@H]1c1ccc(Cl)cc1. The number of hydrogen-bond acceptors (Lipinski definition) is 3. The third-order valence-corrected chi connectivity index (χ3v) is 8.53. The number of benzene rings is 4. The van der Waals surface area contributed by atoms with Crippen molar-refractivity contribution in [2.45, 2.75) is 56.4 Å². The van der Waals surface area contributed by atoms with Gasteiger partial charge >= 0.3 is 5.97 Å². The van der Waals surface area contributed by atoms with Crippen molar-refractivity contribution in [3.8, 4) is 0 Å². The zero-order valence-corrected chi connectivity index (χ0v) is 25.4. The average Bonchev–Trinajstić information content (AvgIpc) is 3.00. The summed E-state index contributed by atoms with van der Waals surface area (Å²) in [7, 11) is 0. The molecule has 0 bridgehead atoms. The van der Waals surface area contributed by atoms with Crippen LogP contribution >= 0.6 is 23.2 Å². The second-order valence-corrected chi connectivity index (χ2v) is 11.9. The number of ether oxygens (including phenoxy) is 1. The maximum absolute atomic E-state index is 14.7. The van der Waals surface area contributed by atoms with Crippen LogP contribution in [0.4, 0.5) is 8.78 Å². The van der Waals surface area contributed by atoms with Crippen molar-refractivity contribution in [2.24, 2.45) is 0 Å². The zero-order chi connectivity index (χ0) is 31.4. The number of hydrogen-bond donors (Lipinski definition) is 1. The average molecular weight is 639 g/mol. The fourth-order valence-corrected chi connectivity index (χ4v) is 6.37. The van der Waals surface area contributed by atoms with Crippen LogP contribution < -0.4 is 0 Å². The monoisotopic (exact) mass is 637 g/mol. The standard InChI is InChI=1S/C35H31Cl2F2NO4/c1-2-18-35(34(42)43,21-23-8-16-29(39)17-9-23)40-31(24-10-12-26(36)13-11-24)32(25-4-3-5-27(37)20-25)44-30(33(40)41)19-22-6-14-28(38)15-7-22/h3-17,20,30-32H,2,18-19,21H2,1H3,(H,42,43)/t30-,31+,32-,35-/m0/s1. The summed E-state index contributed by atoms with van der Waals surface area (Å²) in [5, 5.41) is 12.0. The number of carboxylic acid groups (broad SMARTS) is 1. The summed E-state index contributed by atoms with van der Waals surface area (Å²) >= 11 is 12.7. The number of amides is 1. The largest absolute Gasteiger partial charge is 0.479 e. The van der Waals surface area contributed by atoms with E-state index in [-0.39, 0.29) is 19.3 Å². The summed E-state index contributed by atoms with van der Waals surface area (Å²) in [6.07, 6.45) is -1.37. The van der Waals surface area contributed by atoms with E-state index >= 15 is 0 Å². The minimum atomic E-state index is -1.74. The van der Waals surface area contributed by atoms with Crippen molar-refractivity contribution in [3.05, 3.63) is 141 Å². The van der Waals surface area contributed by atoms with Gasteiger partial charge in [-0.2, -0.15) is 0 Å². The Hall–Kier alpha value is -3.78. The van der Waals surface area contributed by atoms with Gasteiger partial charge in [-0.15, -0.1) is 0 Å². The molecule has 1 amide bonds. The molecule has 5 rings (SSSR count). The fourth-order valence-electron chi connectivity index (χ4n) is 6.05. The summed E-state index contributed by atoms with van der Waals surface area (Å²) in [6, 6.07) is 24.4. The molecular formula is C35H31Cl2F2NO4. The van der Waals surface area contributed by atoms with E-state index in [0.29, 0.717) is 38.7 Å². The van der Waals surface area contributed by atoms with Gasteiger partial charge in [0, 0.05) is 22.9 Å². The van der Waals surface area contributed by atoms with E-state index in [0.717, 1.165) is 0 Å². The summed E-state index contributed by atoms with van der Waals surface area (Å²) in [5.74, 6) is -2.58. The van der Waals surface area contributed by atoms with Crippen molar-refractivity contribution >= 4 is 35.1 Å². The van der Waals surface area contributed by atoms with Crippen molar-refractivity contribution in [1.82, 2.24) is 4.90 Å². The Balaban J connectivity index is 1.74. The Bertz CT molecular complexity index is 1620. The number of rotatable bonds is 10. The highest BCUT2D eigenvalue weighted by Gasteiger charge is 2.56. The lowest BCUT2D eigenvalue weighted by atomic mass is 9.79. The van der Waals surface area contributed by atoms with E-state index in [1.165, 1.54) is 41.3 Å². The molecule has 0 aromatic heterocycles. The van der Waals surface area contributed by atoms with E-state index < -0.39 is 47.3 Å². The molecule has 4 atom stereocenters. The van der Waals surface area contributed by atoms with Crippen LogP contribution in [0.3, 0.4) is 0 Å². The van der Waals surface area contributed by atoms with Gasteiger partial charge < -0.3 is 14.7 Å². The van der Waals surface area contributed by atoms with Gasteiger partial charge in [0.2, 0.25) is 0 Å². The molecule has 9 heteroatoms. The van der Waals surface area contributed by atoms with Crippen LogP contribution in [0.25, 0.3) is 0 Å². The molecule has 0 spiro atoms. The lowest BCUT2D eigenvalue weighted by molar-refractivity contribution is -0.195. The maximum Gasteiger partial charge on any atom is 0.330 e. The molecule has 1 heterocycles. The lowest BCUT2D eigenvalue weighted by Gasteiger charge is -2.52. The number of carbonyl (C=O) groups is 2. The van der Waals surface area contributed by atoms with Gasteiger partial charge in [0.05, 0.1) is 6.04 Å². The van der Waals surface area contributed by atoms with Gasteiger partial charge in [-0.3, -0.25) is 4.79 Å². The molecule has 1 fully saturated rings. The second kappa shape index (κ2) is 13.5. The van der Waals surface area contributed by atoms with Crippen LogP contribution in [0.5, 0.6) is 0 Å². The molecule has 1 aliphatic heterocycles. The van der Waals surface area contributed by atoms with Crippen LogP contribution in [-0.2, 0) is 27.2 Å². The Morgan fingerprint density at radius 1 is 0.864 bits per heavy atom. The Morgan fingerprint density at radius 2 is 1.48 bits per heavy atom. The number of nitrogens with zero attached hydrogens (tertiary/aromatic N) is 1.